The number of para-hydroxylation sites is 1. The van der Waals surface area contributed by atoms with Crippen LogP contribution >= 0.6 is 0 Å². The molecule has 7 heteroatoms. The Morgan fingerprint density at radius 3 is 2.43 bits per heavy atom. The van der Waals surface area contributed by atoms with E-state index in [0.29, 0.717) is 36.9 Å². The first-order chi connectivity index (χ1) is 14.6. The molecule has 3 N–H and O–H groups in total. The van der Waals surface area contributed by atoms with Gasteiger partial charge in [0.05, 0.1) is 20.8 Å². The van der Waals surface area contributed by atoms with Crippen molar-refractivity contribution >= 4 is 16.9 Å². The highest BCUT2D eigenvalue weighted by Gasteiger charge is 2.14. The third-order valence-corrected chi connectivity index (χ3v) is 4.95. The van der Waals surface area contributed by atoms with Gasteiger partial charge < -0.3 is 29.8 Å². The van der Waals surface area contributed by atoms with Crippen LogP contribution in [0.3, 0.4) is 0 Å². The first kappa shape index (κ1) is 21.4. The van der Waals surface area contributed by atoms with Crippen LogP contribution in [0.25, 0.3) is 10.9 Å². The monoisotopic (exact) mass is 411 g/mol. The molecule has 1 aromatic heterocycles. The van der Waals surface area contributed by atoms with Crippen LogP contribution in [-0.2, 0) is 13.0 Å². The van der Waals surface area contributed by atoms with E-state index in [1.165, 1.54) is 10.9 Å². The molecule has 0 fully saturated rings. The van der Waals surface area contributed by atoms with Crippen LogP contribution in [0.15, 0.2) is 36.4 Å². The molecule has 0 spiro atoms. The number of hydrogen-bond donors (Lipinski definition) is 3. The molecule has 2 amide bonds. The van der Waals surface area contributed by atoms with E-state index in [-0.39, 0.29) is 6.03 Å². The van der Waals surface area contributed by atoms with E-state index in [1.807, 2.05) is 31.2 Å². The van der Waals surface area contributed by atoms with Gasteiger partial charge in [-0.3, -0.25) is 0 Å². The second kappa shape index (κ2) is 9.91. The van der Waals surface area contributed by atoms with Crippen LogP contribution in [0, 0.1) is 6.92 Å². The highest BCUT2D eigenvalue weighted by atomic mass is 16.5. The maximum Gasteiger partial charge on any atom is 0.315 e. The van der Waals surface area contributed by atoms with Gasteiger partial charge in [0.2, 0.25) is 5.75 Å². The Labute approximate surface area is 176 Å². The standard InChI is InChI=1S/C23H29N3O4/c1-5-30-22-20(28-3)12-16(13-21(22)29-4)14-25-23(27)24-11-10-17-15(2)26-19-9-7-6-8-18(17)19/h6-9,12-13,26H,5,10-11,14H2,1-4H3,(H2,24,25,27). The van der Waals surface area contributed by atoms with Gasteiger partial charge in [-0.05, 0) is 49.6 Å². The molecule has 0 atom stereocenters. The Bertz CT molecular complexity index is 988. The van der Waals surface area contributed by atoms with Crippen LogP contribution in [0.2, 0.25) is 0 Å². The first-order valence-electron chi connectivity index (χ1n) is 10.0. The summed E-state index contributed by atoms with van der Waals surface area (Å²) in [4.78, 5) is 15.6. The van der Waals surface area contributed by atoms with Crippen molar-refractivity contribution in [2.45, 2.75) is 26.8 Å². The summed E-state index contributed by atoms with van der Waals surface area (Å²) >= 11 is 0. The van der Waals surface area contributed by atoms with Crippen LogP contribution in [0.4, 0.5) is 4.79 Å². The van der Waals surface area contributed by atoms with Gasteiger partial charge in [0, 0.05) is 29.7 Å². The zero-order valence-electron chi connectivity index (χ0n) is 17.9. The Hall–Kier alpha value is -3.35. The number of fused-ring (bicyclic) bond motifs is 1. The van der Waals surface area contributed by atoms with E-state index >= 15 is 0 Å². The van der Waals surface area contributed by atoms with E-state index in [1.54, 1.807) is 14.2 Å². The molecule has 7 nitrogen and oxygen atoms in total. The van der Waals surface area contributed by atoms with Crippen molar-refractivity contribution < 1.29 is 19.0 Å². The highest BCUT2D eigenvalue weighted by Crippen LogP contribution is 2.38. The largest absolute Gasteiger partial charge is 0.493 e. The molecule has 160 valence electrons. The molecule has 0 aliphatic carbocycles. The number of nitrogens with one attached hydrogen (secondary N) is 3. The number of methoxy groups -OCH3 is 2. The maximum atomic E-state index is 12.3. The van der Waals surface area contributed by atoms with E-state index in [2.05, 4.69) is 34.7 Å². The summed E-state index contributed by atoms with van der Waals surface area (Å²) in [5.74, 6) is 1.70. The Morgan fingerprint density at radius 1 is 1.07 bits per heavy atom. The zero-order chi connectivity index (χ0) is 21.5. The first-order valence-corrected chi connectivity index (χ1v) is 10.0. The lowest BCUT2D eigenvalue weighted by Crippen LogP contribution is -2.36. The van der Waals surface area contributed by atoms with Gasteiger partial charge in [-0.2, -0.15) is 0 Å². The molecular weight excluding hydrogens is 382 g/mol. The minimum absolute atomic E-state index is 0.223. The highest BCUT2D eigenvalue weighted by molar-refractivity contribution is 5.84. The molecule has 1 heterocycles. The fourth-order valence-electron chi connectivity index (χ4n) is 3.53. The predicted molar refractivity (Wildman–Crippen MR) is 118 cm³/mol. The summed E-state index contributed by atoms with van der Waals surface area (Å²) in [6.07, 6.45) is 0.758. The number of aryl methyl sites for hydroxylation is 1. The predicted octanol–water partition coefficient (Wildman–Crippen LogP) is 3.93. The minimum Gasteiger partial charge on any atom is -0.493 e. The number of urea groups is 1. The van der Waals surface area contributed by atoms with Crippen molar-refractivity contribution in [3.63, 3.8) is 0 Å². The van der Waals surface area contributed by atoms with Crippen molar-refractivity contribution in [2.24, 2.45) is 0 Å². The summed E-state index contributed by atoms with van der Waals surface area (Å²) in [5.41, 5.74) is 4.33. The van der Waals surface area contributed by atoms with Gasteiger partial charge in [0.1, 0.15) is 0 Å². The number of carbonyl (C=O) groups is 1. The second-order valence-electron chi connectivity index (χ2n) is 6.90. The van der Waals surface area contributed by atoms with Crippen LogP contribution in [-0.4, -0.2) is 38.4 Å². The molecule has 0 unspecified atom stereocenters. The summed E-state index contributed by atoms with van der Waals surface area (Å²) in [6.45, 7) is 5.35. The summed E-state index contributed by atoms with van der Waals surface area (Å²) in [7, 11) is 3.15. The summed E-state index contributed by atoms with van der Waals surface area (Å²) in [5, 5.41) is 7.00. The molecule has 2 aromatic carbocycles. The van der Waals surface area contributed by atoms with Crippen molar-refractivity contribution in [3.8, 4) is 17.2 Å². The molecule has 0 aliphatic heterocycles. The quantitative estimate of drug-likeness (QED) is 0.498. The molecular formula is C23H29N3O4. The summed E-state index contributed by atoms with van der Waals surface area (Å²) < 4.78 is 16.4. The SMILES string of the molecule is CCOc1c(OC)cc(CNC(=O)NCCc2c(C)[nH]c3ccccc23)cc1OC. The topological polar surface area (TPSA) is 84.6 Å². The zero-order valence-corrected chi connectivity index (χ0v) is 17.9. The van der Waals surface area contributed by atoms with Gasteiger partial charge >= 0.3 is 6.03 Å². The van der Waals surface area contributed by atoms with Crippen LogP contribution in [0.5, 0.6) is 17.2 Å². The van der Waals surface area contributed by atoms with Gasteiger partial charge in [0.25, 0.3) is 0 Å². The van der Waals surface area contributed by atoms with Crippen molar-refractivity contribution in [2.75, 3.05) is 27.4 Å². The fourth-order valence-corrected chi connectivity index (χ4v) is 3.53. The van der Waals surface area contributed by atoms with E-state index < -0.39 is 0 Å². The maximum absolute atomic E-state index is 12.3. The number of aromatic nitrogens is 1. The lowest BCUT2D eigenvalue weighted by atomic mass is 10.1. The molecule has 3 aromatic rings. The normalized spacial score (nSPS) is 10.7. The number of hydrogen-bond acceptors (Lipinski definition) is 4. The molecule has 30 heavy (non-hydrogen) atoms. The number of carbonyl (C=O) groups excluding carboxylic acids is 1. The lowest BCUT2D eigenvalue weighted by molar-refractivity contribution is 0.240. The molecule has 0 saturated carbocycles. The fraction of sp³-hybridized carbons (Fsp3) is 0.348. The van der Waals surface area contributed by atoms with Gasteiger partial charge in [-0.15, -0.1) is 0 Å². The third-order valence-electron chi connectivity index (χ3n) is 4.95. The van der Waals surface area contributed by atoms with Crippen molar-refractivity contribution in [1.29, 1.82) is 0 Å². The summed E-state index contributed by atoms with van der Waals surface area (Å²) in [6, 6.07) is 11.6. The lowest BCUT2D eigenvalue weighted by Gasteiger charge is -2.15. The molecule has 0 bridgehead atoms. The number of benzene rings is 2. The molecule has 0 radical (unpaired) electrons. The van der Waals surface area contributed by atoms with Crippen molar-refractivity contribution in [3.05, 3.63) is 53.2 Å². The number of amides is 2. The number of H-pyrrole nitrogens is 1. The van der Waals surface area contributed by atoms with Crippen molar-refractivity contribution in [1.82, 2.24) is 15.6 Å². The average molecular weight is 412 g/mol. The molecule has 0 aliphatic rings. The number of rotatable bonds is 9. The Morgan fingerprint density at radius 2 is 1.77 bits per heavy atom. The second-order valence-corrected chi connectivity index (χ2v) is 6.90. The van der Waals surface area contributed by atoms with Gasteiger partial charge in [-0.1, -0.05) is 18.2 Å². The third kappa shape index (κ3) is 4.79. The number of ether oxygens (including phenoxy) is 3. The Kier molecular flexibility index (Phi) is 7.06. The van der Waals surface area contributed by atoms with Crippen LogP contribution < -0.4 is 24.8 Å². The molecule has 0 saturated heterocycles. The average Bonchev–Trinajstić information content (AvgIpc) is 3.08. The van der Waals surface area contributed by atoms with E-state index in [0.717, 1.165) is 23.2 Å². The number of aromatic amines is 1. The van der Waals surface area contributed by atoms with Crippen LogP contribution in [0.1, 0.15) is 23.7 Å². The van der Waals surface area contributed by atoms with E-state index in [4.69, 9.17) is 14.2 Å². The van der Waals surface area contributed by atoms with E-state index in [9.17, 15) is 4.79 Å². The smallest absolute Gasteiger partial charge is 0.315 e. The molecule has 3 rings (SSSR count). The van der Waals surface area contributed by atoms with Gasteiger partial charge in [-0.25, -0.2) is 4.79 Å². The minimum atomic E-state index is -0.223. The van der Waals surface area contributed by atoms with Gasteiger partial charge in [0.15, 0.2) is 11.5 Å². The Balaban J connectivity index is 1.56.